The quantitative estimate of drug-likeness (QED) is 0.781. The van der Waals surface area contributed by atoms with E-state index in [0.29, 0.717) is 11.2 Å². The molecule has 1 aromatic carbocycles. The molecule has 1 aliphatic rings. The van der Waals surface area contributed by atoms with Crippen molar-refractivity contribution in [1.29, 1.82) is 0 Å². The second kappa shape index (κ2) is 5.51. The summed E-state index contributed by atoms with van der Waals surface area (Å²) in [4.78, 5) is 4.16. The Labute approximate surface area is 126 Å². The van der Waals surface area contributed by atoms with E-state index in [9.17, 15) is 0 Å². The van der Waals surface area contributed by atoms with E-state index in [1.165, 1.54) is 24.0 Å². The Bertz CT molecular complexity index is 600. The molecule has 0 spiro atoms. The van der Waals surface area contributed by atoms with Gasteiger partial charge in [0.2, 0.25) is 0 Å². The van der Waals surface area contributed by atoms with Gasteiger partial charge in [-0.15, -0.1) is 0 Å². The normalized spacial score (nSPS) is 17.9. The number of aromatic nitrogens is 1. The number of anilines is 1. The van der Waals surface area contributed by atoms with Crippen molar-refractivity contribution in [3.8, 4) is 0 Å². The van der Waals surface area contributed by atoms with Crippen molar-refractivity contribution in [2.24, 2.45) is 0 Å². The Morgan fingerprint density at radius 2 is 2.16 bits per heavy atom. The molecule has 0 saturated carbocycles. The number of hydrogen-bond donors (Lipinski definition) is 1. The molecule has 0 amide bonds. The number of pyridine rings is 1. The number of rotatable bonds is 2. The Kier molecular flexibility index (Phi) is 3.76. The summed E-state index contributed by atoms with van der Waals surface area (Å²) in [6.07, 6.45) is 5.33. The smallest absolute Gasteiger partial charge is 0.143 e. The summed E-state index contributed by atoms with van der Waals surface area (Å²) in [6, 6.07) is 11.0. The van der Waals surface area contributed by atoms with E-state index in [2.05, 4.69) is 50.5 Å². The van der Waals surface area contributed by atoms with Crippen LogP contribution in [-0.4, -0.2) is 4.98 Å². The highest BCUT2D eigenvalue weighted by molar-refractivity contribution is 9.10. The van der Waals surface area contributed by atoms with Crippen LogP contribution in [0, 0.1) is 0 Å². The lowest BCUT2D eigenvalue weighted by molar-refractivity contribution is 0.600. The number of nitrogens with zero attached hydrogens (tertiary/aromatic N) is 1. The molecule has 0 aliphatic heterocycles. The Hall–Kier alpha value is -1.06. The Morgan fingerprint density at radius 1 is 1.32 bits per heavy atom. The first-order chi connectivity index (χ1) is 9.24. The van der Waals surface area contributed by atoms with Crippen molar-refractivity contribution in [2.75, 3.05) is 5.32 Å². The van der Waals surface area contributed by atoms with Crippen LogP contribution in [0.25, 0.3) is 0 Å². The summed E-state index contributed by atoms with van der Waals surface area (Å²) in [6.45, 7) is 0. The van der Waals surface area contributed by atoms with Gasteiger partial charge in [0.05, 0.1) is 22.4 Å². The van der Waals surface area contributed by atoms with Crippen LogP contribution in [0.1, 0.15) is 30.0 Å². The summed E-state index contributed by atoms with van der Waals surface area (Å²) in [5.41, 5.74) is 3.85. The summed E-state index contributed by atoms with van der Waals surface area (Å²) >= 11 is 9.33. The van der Waals surface area contributed by atoms with Crippen LogP contribution in [0.5, 0.6) is 0 Å². The highest BCUT2D eigenvalue weighted by atomic mass is 79.9. The van der Waals surface area contributed by atoms with E-state index in [-0.39, 0.29) is 0 Å². The Morgan fingerprint density at radius 3 is 3.00 bits per heavy atom. The van der Waals surface area contributed by atoms with E-state index in [4.69, 9.17) is 11.6 Å². The lowest BCUT2D eigenvalue weighted by atomic mass is 9.87. The molecular weight excluding hydrogens is 324 g/mol. The molecule has 1 aromatic heterocycles. The SMILES string of the molecule is Clc1ncc(NC2CCCc3ccccc32)cc1Br. The maximum absolute atomic E-state index is 5.92. The zero-order chi connectivity index (χ0) is 13.2. The van der Waals surface area contributed by atoms with Gasteiger partial charge in [0.25, 0.3) is 0 Å². The van der Waals surface area contributed by atoms with Gasteiger partial charge in [0.15, 0.2) is 0 Å². The van der Waals surface area contributed by atoms with Gasteiger partial charge in [-0.05, 0) is 52.4 Å². The number of fused-ring (bicyclic) bond motifs is 1. The molecule has 2 aromatic rings. The zero-order valence-electron chi connectivity index (χ0n) is 10.4. The summed E-state index contributed by atoms with van der Waals surface area (Å²) in [5.74, 6) is 0. The third-order valence-corrected chi connectivity index (χ3v) is 4.64. The second-order valence-corrected chi connectivity index (χ2v) is 6.00. The number of nitrogens with one attached hydrogen (secondary N) is 1. The third kappa shape index (κ3) is 2.77. The minimum atomic E-state index is 0.361. The van der Waals surface area contributed by atoms with Crippen molar-refractivity contribution in [3.05, 3.63) is 57.3 Å². The molecule has 1 heterocycles. The highest BCUT2D eigenvalue weighted by Crippen LogP contribution is 2.33. The lowest BCUT2D eigenvalue weighted by Crippen LogP contribution is -2.17. The second-order valence-electron chi connectivity index (χ2n) is 4.78. The number of halogens is 2. The molecule has 1 atom stereocenters. The zero-order valence-corrected chi connectivity index (χ0v) is 12.7. The largest absolute Gasteiger partial charge is 0.377 e. The fraction of sp³-hybridized carbons (Fsp3) is 0.267. The minimum Gasteiger partial charge on any atom is -0.377 e. The molecule has 1 aliphatic carbocycles. The number of aryl methyl sites for hydroxylation is 1. The molecule has 0 radical (unpaired) electrons. The highest BCUT2D eigenvalue weighted by Gasteiger charge is 2.19. The topological polar surface area (TPSA) is 24.9 Å². The van der Waals surface area contributed by atoms with Gasteiger partial charge < -0.3 is 5.32 Å². The van der Waals surface area contributed by atoms with Crippen LogP contribution < -0.4 is 5.32 Å². The molecule has 98 valence electrons. The van der Waals surface area contributed by atoms with Crippen molar-refractivity contribution in [1.82, 2.24) is 4.98 Å². The van der Waals surface area contributed by atoms with E-state index in [1.807, 2.05) is 6.07 Å². The van der Waals surface area contributed by atoms with Gasteiger partial charge in [-0.2, -0.15) is 0 Å². The van der Waals surface area contributed by atoms with Gasteiger partial charge in [0, 0.05) is 0 Å². The first-order valence-electron chi connectivity index (χ1n) is 6.39. The first-order valence-corrected chi connectivity index (χ1v) is 7.56. The predicted octanol–water partition coefficient (Wildman–Crippen LogP) is 4.99. The molecule has 0 saturated heterocycles. The number of benzene rings is 1. The van der Waals surface area contributed by atoms with E-state index < -0.39 is 0 Å². The van der Waals surface area contributed by atoms with Gasteiger partial charge in [0.1, 0.15) is 5.15 Å². The van der Waals surface area contributed by atoms with E-state index >= 15 is 0 Å². The predicted molar refractivity (Wildman–Crippen MR) is 82.7 cm³/mol. The maximum Gasteiger partial charge on any atom is 0.143 e. The first kappa shape index (κ1) is 12.9. The maximum atomic E-state index is 5.92. The molecule has 4 heteroatoms. The summed E-state index contributed by atoms with van der Waals surface area (Å²) in [7, 11) is 0. The average molecular weight is 338 g/mol. The number of hydrogen-bond acceptors (Lipinski definition) is 2. The average Bonchev–Trinajstić information content (AvgIpc) is 2.43. The van der Waals surface area contributed by atoms with Gasteiger partial charge in [-0.1, -0.05) is 35.9 Å². The van der Waals surface area contributed by atoms with Crippen LogP contribution >= 0.6 is 27.5 Å². The van der Waals surface area contributed by atoms with Crippen molar-refractivity contribution < 1.29 is 0 Å². The monoisotopic (exact) mass is 336 g/mol. The molecule has 0 fully saturated rings. The molecule has 1 N–H and O–H groups in total. The lowest BCUT2D eigenvalue weighted by Gasteiger charge is -2.27. The van der Waals surface area contributed by atoms with Crippen LogP contribution in [0.3, 0.4) is 0 Å². The molecule has 0 bridgehead atoms. The van der Waals surface area contributed by atoms with Crippen LogP contribution in [0.4, 0.5) is 5.69 Å². The van der Waals surface area contributed by atoms with E-state index in [1.54, 1.807) is 6.20 Å². The molecule has 3 rings (SSSR count). The Balaban J connectivity index is 1.86. The molecule has 1 unspecified atom stereocenters. The van der Waals surface area contributed by atoms with Gasteiger partial charge >= 0.3 is 0 Å². The third-order valence-electron chi connectivity index (χ3n) is 3.51. The molecule has 19 heavy (non-hydrogen) atoms. The van der Waals surface area contributed by atoms with Crippen LogP contribution in [-0.2, 0) is 6.42 Å². The van der Waals surface area contributed by atoms with Crippen molar-refractivity contribution >= 4 is 33.2 Å². The van der Waals surface area contributed by atoms with Gasteiger partial charge in [-0.25, -0.2) is 4.98 Å². The summed E-state index contributed by atoms with van der Waals surface area (Å²) in [5, 5.41) is 4.05. The van der Waals surface area contributed by atoms with E-state index in [0.717, 1.165) is 16.6 Å². The fourth-order valence-corrected chi connectivity index (χ4v) is 3.06. The molecule has 2 nitrogen and oxygen atoms in total. The minimum absolute atomic E-state index is 0.361. The van der Waals surface area contributed by atoms with Crippen molar-refractivity contribution in [2.45, 2.75) is 25.3 Å². The summed E-state index contributed by atoms with van der Waals surface area (Å²) < 4.78 is 0.822. The van der Waals surface area contributed by atoms with Crippen molar-refractivity contribution in [3.63, 3.8) is 0 Å². The fourth-order valence-electron chi connectivity index (χ4n) is 2.61. The molecular formula is C15H14BrClN2. The standard InChI is InChI=1S/C15H14BrClN2/c16-13-8-11(9-18-15(13)17)19-14-7-3-5-10-4-1-2-6-12(10)14/h1-2,4,6,8-9,14,19H,3,5,7H2. The van der Waals surface area contributed by atoms with Gasteiger partial charge in [-0.3, -0.25) is 0 Å². The van der Waals surface area contributed by atoms with Crippen LogP contribution in [0.15, 0.2) is 41.0 Å². The van der Waals surface area contributed by atoms with Crippen LogP contribution in [0.2, 0.25) is 5.15 Å².